The monoisotopic (exact) mass is 475 g/mol. The molecular weight excluding hydrogens is 446 g/mol. The highest BCUT2D eigenvalue weighted by Gasteiger charge is 2.18. The Bertz CT molecular complexity index is 1330. The Kier molecular flexibility index (Phi) is 6.42. The number of nitrogens with zero attached hydrogens (tertiary/aromatic N) is 4. The van der Waals surface area contributed by atoms with Gasteiger partial charge in [-0.1, -0.05) is 30.2 Å². The number of Topliss-reactive ketones (excluding diaryl/α,β-unsaturated/α-hetero) is 1. The molecule has 1 aliphatic rings. The number of hydrogen-bond acceptors (Lipinski definition) is 5. The Balaban J connectivity index is 1.48. The van der Waals surface area contributed by atoms with Crippen LogP contribution in [0.4, 0.5) is 17.2 Å². The normalized spacial score (nSPS) is 17.4. The Morgan fingerprint density at radius 3 is 2.74 bits per heavy atom. The van der Waals surface area contributed by atoms with Gasteiger partial charge in [-0.05, 0) is 69.4 Å². The van der Waals surface area contributed by atoms with E-state index in [1.807, 2.05) is 37.6 Å². The van der Waals surface area contributed by atoms with Crippen LogP contribution in [-0.2, 0) is 4.79 Å². The van der Waals surface area contributed by atoms with Gasteiger partial charge in [0.25, 0.3) is 0 Å². The summed E-state index contributed by atoms with van der Waals surface area (Å²) in [7, 11) is 0. The summed E-state index contributed by atoms with van der Waals surface area (Å²) in [4.78, 5) is 23.7. The predicted octanol–water partition coefficient (Wildman–Crippen LogP) is 6.56. The Labute approximate surface area is 205 Å². The van der Waals surface area contributed by atoms with E-state index in [4.69, 9.17) is 16.6 Å². The standard InChI is InChI=1S/C27H30ClN5O/c1-18-7-5-10-22(28)26(18)31-27-25-16-29-17-33(25)24-15-21(11-12-23(24)30-27)32-13-4-3-8-20(19(2)34)9-6-14-32/h5,7,10-12,15-17,20H,3-4,6,8-9,13-14H2,1-2H3,(H,30,31). The predicted molar refractivity (Wildman–Crippen MR) is 139 cm³/mol. The van der Waals surface area contributed by atoms with Crippen molar-refractivity contribution in [3.8, 4) is 0 Å². The van der Waals surface area contributed by atoms with E-state index in [-0.39, 0.29) is 5.92 Å². The third kappa shape index (κ3) is 4.47. The minimum Gasteiger partial charge on any atom is -0.371 e. The number of anilines is 3. The van der Waals surface area contributed by atoms with Crippen molar-refractivity contribution in [2.75, 3.05) is 23.3 Å². The number of benzene rings is 2. The van der Waals surface area contributed by atoms with E-state index >= 15 is 0 Å². The van der Waals surface area contributed by atoms with Crippen molar-refractivity contribution >= 4 is 51.1 Å². The summed E-state index contributed by atoms with van der Waals surface area (Å²) >= 11 is 6.46. The second-order valence-corrected chi connectivity index (χ2v) is 9.68. The lowest BCUT2D eigenvalue weighted by Crippen LogP contribution is -2.25. The van der Waals surface area contributed by atoms with Crippen molar-refractivity contribution in [2.45, 2.75) is 46.0 Å². The third-order valence-corrected chi connectivity index (χ3v) is 7.26. The number of ketones is 1. The maximum atomic E-state index is 11.9. The van der Waals surface area contributed by atoms with Crippen molar-refractivity contribution in [2.24, 2.45) is 5.92 Å². The van der Waals surface area contributed by atoms with Crippen LogP contribution in [0.2, 0.25) is 5.02 Å². The van der Waals surface area contributed by atoms with Crippen molar-refractivity contribution in [3.63, 3.8) is 0 Å². The van der Waals surface area contributed by atoms with Gasteiger partial charge in [-0.2, -0.15) is 0 Å². The first-order valence-electron chi connectivity index (χ1n) is 12.0. The fourth-order valence-corrected chi connectivity index (χ4v) is 5.25. The van der Waals surface area contributed by atoms with E-state index < -0.39 is 0 Å². The molecule has 5 rings (SSSR count). The van der Waals surface area contributed by atoms with Crippen molar-refractivity contribution in [1.29, 1.82) is 0 Å². The Morgan fingerprint density at radius 2 is 1.91 bits per heavy atom. The molecule has 7 heteroatoms. The molecule has 6 nitrogen and oxygen atoms in total. The smallest absolute Gasteiger partial charge is 0.157 e. The number of imidazole rings is 1. The average Bonchev–Trinajstić information content (AvgIpc) is 3.35. The number of fused-ring (bicyclic) bond motifs is 3. The van der Waals surface area contributed by atoms with Gasteiger partial charge in [0.2, 0.25) is 0 Å². The Hall–Kier alpha value is -3.12. The quantitative estimate of drug-likeness (QED) is 0.362. The molecular formula is C27H30ClN5O. The molecule has 1 saturated heterocycles. The van der Waals surface area contributed by atoms with Gasteiger partial charge in [0, 0.05) is 24.7 Å². The number of carbonyl (C=O) groups is 1. The molecule has 2 aromatic carbocycles. The zero-order chi connectivity index (χ0) is 23.7. The maximum absolute atomic E-state index is 11.9. The number of halogens is 1. The van der Waals surface area contributed by atoms with Crippen LogP contribution in [0, 0.1) is 12.8 Å². The molecule has 0 aliphatic carbocycles. The largest absolute Gasteiger partial charge is 0.371 e. The summed E-state index contributed by atoms with van der Waals surface area (Å²) in [6, 6.07) is 12.3. The summed E-state index contributed by atoms with van der Waals surface area (Å²) in [5.74, 6) is 1.29. The number of hydrogen-bond donors (Lipinski definition) is 1. The van der Waals surface area contributed by atoms with Gasteiger partial charge >= 0.3 is 0 Å². The van der Waals surface area contributed by atoms with Crippen molar-refractivity contribution in [1.82, 2.24) is 14.4 Å². The van der Waals surface area contributed by atoms with Crippen LogP contribution < -0.4 is 10.2 Å². The maximum Gasteiger partial charge on any atom is 0.157 e. The van der Waals surface area contributed by atoms with Gasteiger partial charge in [-0.3, -0.25) is 9.20 Å². The van der Waals surface area contributed by atoms with Crippen LogP contribution in [0.25, 0.3) is 16.6 Å². The number of carbonyl (C=O) groups excluding carboxylic acids is 1. The van der Waals surface area contributed by atoms with Gasteiger partial charge in [0.05, 0.1) is 34.3 Å². The number of para-hydroxylation sites is 1. The summed E-state index contributed by atoms with van der Waals surface area (Å²) in [5.41, 5.74) is 5.92. The van der Waals surface area contributed by atoms with Crippen LogP contribution in [0.5, 0.6) is 0 Å². The third-order valence-electron chi connectivity index (χ3n) is 6.95. The first kappa shape index (κ1) is 22.7. The van der Waals surface area contributed by atoms with Gasteiger partial charge in [0.15, 0.2) is 5.82 Å². The number of aryl methyl sites for hydroxylation is 1. The van der Waals surface area contributed by atoms with E-state index in [1.54, 1.807) is 6.92 Å². The highest BCUT2D eigenvalue weighted by atomic mass is 35.5. The molecule has 34 heavy (non-hydrogen) atoms. The molecule has 1 N–H and O–H groups in total. The topological polar surface area (TPSA) is 62.5 Å². The summed E-state index contributed by atoms with van der Waals surface area (Å²) in [5, 5.41) is 4.10. The molecule has 1 aliphatic heterocycles. The molecule has 0 spiro atoms. The van der Waals surface area contributed by atoms with Crippen molar-refractivity contribution < 1.29 is 4.79 Å². The van der Waals surface area contributed by atoms with Crippen LogP contribution in [0.1, 0.15) is 44.6 Å². The number of nitrogens with one attached hydrogen (secondary N) is 1. The zero-order valence-electron chi connectivity index (χ0n) is 19.7. The van der Waals surface area contributed by atoms with Crippen LogP contribution in [-0.4, -0.2) is 33.2 Å². The van der Waals surface area contributed by atoms with Crippen molar-refractivity contribution in [3.05, 3.63) is 59.5 Å². The summed E-state index contributed by atoms with van der Waals surface area (Å²) in [6.07, 6.45) is 8.88. The molecule has 0 radical (unpaired) electrons. The lowest BCUT2D eigenvalue weighted by Gasteiger charge is -2.25. The molecule has 0 amide bonds. The molecule has 1 atom stereocenters. The van der Waals surface area contributed by atoms with Gasteiger partial charge in [-0.15, -0.1) is 0 Å². The lowest BCUT2D eigenvalue weighted by atomic mass is 9.94. The van der Waals surface area contributed by atoms with Crippen LogP contribution in [0.15, 0.2) is 48.9 Å². The average molecular weight is 476 g/mol. The number of aromatic nitrogens is 3. The molecule has 4 aromatic rings. The van der Waals surface area contributed by atoms with E-state index in [1.165, 1.54) is 5.69 Å². The molecule has 3 heterocycles. The van der Waals surface area contributed by atoms with E-state index in [9.17, 15) is 4.79 Å². The zero-order valence-corrected chi connectivity index (χ0v) is 20.5. The minimum atomic E-state index is 0.221. The first-order valence-corrected chi connectivity index (χ1v) is 12.4. The highest BCUT2D eigenvalue weighted by molar-refractivity contribution is 6.33. The molecule has 176 valence electrons. The molecule has 1 unspecified atom stereocenters. The second-order valence-electron chi connectivity index (χ2n) is 9.27. The summed E-state index contributed by atoms with van der Waals surface area (Å²) < 4.78 is 2.09. The second kappa shape index (κ2) is 9.63. The van der Waals surface area contributed by atoms with E-state index in [2.05, 4.69) is 37.8 Å². The molecule has 1 fully saturated rings. The minimum absolute atomic E-state index is 0.221. The van der Waals surface area contributed by atoms with E-state index in [0.717, 1.165) is 78.8 Å². The SMILES string of the molecule is CC(=O)C1CCCCN(c2ccc3nc(Nc4c(C)cccc4Cl)c4cncn4c3c2)CCC1. The Morgan fingerprint density at radius 1 is 1.09 bits per heavy atom. The van der Waals surface area contributed by atoms with Gasteiger partial charge in [0.1, 0.15) is 11.3 Å². The fraction of sp³-hybridized carbons (Fsp3) is 0.370. The number of rotatable bonds is 4. The highest BCUT2D eigenvalue weighted by Crippen LogP contribution is 2.32. The molecule has 0 saturated carbocycles. The lowest BCUT2D eigenvalue weighted by molar-refractivity contribution is -0.121. The fourth-order valence-electron chi connectivity index (χ4n) is 4.98. The molecule has 2 aromatic heterocycles. The van der Waals surface area contributed by atoms with Gasteiger partial charge in [-0.25, -0.2) is 9.97 Å². The molecule has 0 bridgehead atoms. The first-order chi connectivity index (χ1) is 16.5. The van der Waals surface area contributed by atoms with E-state index in [0.29, 0.717) is 10.8 Å². The summed E-state index contributed by atoms with van der Waals surface area (Å²) in [6.45, 7) is 5.73. The van der Waals surface area contributed by atoms with Crippen LogP contribution in [0.3, 0.4) is 0 Å². The van der Waals surface area contributed by atoms with Gasteiger partial charge < -0.3 is 10.2 Å². The van der Waals surface area contributed by atoms with Crippen LogP contribution >= 0.6 is 11.6 Å².